The Balaban J connectivity index is 1.56. The van der Waals surface area contributed by atoms with Crippen LogP contribution in [-0.2, 0) is 13.0 Å². The van der Waals surface area contributed by atoms with Crippen LogP contribution in [0.5, 0.6) is 11.5 Å². The summed E-state index contributed by atoms with van der Waals surface area (Å²) in [5.41, 5.74) is 3.46. The number of ether oxygens (including phenoxy) is 2. The Morgan fingerprint density at radius 3 is 2.77 bits per heavy atom. The molecule has 0 fully saturated rings. The molecule has 1 aromatic heterocycles. The van der Waals surface area contributed by atoms with Crippen molar-refractivity contribution < 1.29 is 14.0 Å². The van der Waals surface area contributed by atoms with Gasteiger partial charge in [0.25, 0.3) is 0 Å². The number of fused-ring (bicyclic) bond motifs is 1. The minimum Gasteiger partial charge on any atom is -0.493 e. The third-order valence-electron chi connectivity index (χ3n) is 4.64. The number of benzene rings is 2. The third-order valence-corrected chi connectivity index (χ3v) is 4.64. The van der Waals surface area contributed by atoms with Gasteiger partial charge in [0.15, 0.2) is 11.5 Å². The molecule has 0 radical (unpaired) electrons. The van der Waals surface area contributed by atoms with Gasteiger partial charge in [0, 0.05) is 17.8 Å². The molecule has 1 aliphatic heterocycles. The molecule has 0 N–H and O–H groups in total. The van der Waals surface area contributed by atoms with Gasteiger partial charge in [0.1, 0.15) is 0 Å². The Kier molecular flexibility index (Phi) is 4.48. The molecule has 2 aromatic carbocycles. The molecule has 4 rings (SSSR count). The summed E-state index contributed by atoms with van der Waals surface area (Å²) in [7, 11) is 3.22. The molecule has 134 valence electrons. The van der Waals surface area contributed by atoms with Gasteiger partial charge in [-0.3, -0.25) is 0 Å². The van der Waals surface area contributed by atoms with Crippen LogP contribution in [0.4, 0.5) is 5.69 Å². The quantitative estimate of drug-likeness (QED) is 0.698. The maximum atomic E-state index is 5.49. The van der Waals surface area contributed by atoms with Crippen LogP contribution in [0.3, 0.4) is 0 Å². The van der Waals surface area contributed by atoms with Crippen LogP contribution in [-0.4, -0.2) is 30.9 Å². The molecule has 3 aromatic rings. The van der Waals surface area contributed by atoms with Gasteiger partial charge in [-0.2, -0.15) is 4.98 Å². The minimum atomic E-state index is 0.547. The molecule has 0 aliphatic carbocycles. The molecule has 6 nitrogen and oxygen atoms in total. The molecule has 1 aliphatic rings. The monoisotopic (exact) mass is 351 g/mol. The third kappa shape index (κ3) is 3.10. The van der Waals surface area contributed by atoms with E-state index in [-0.39, 0.29) is 0 Å². The molecule has 0 unspecified atom stereocenters. The van der Waals surface area contributed by atoms with Crippen molar-refractivity contribution >= 4 is 5.69 Å². The maximum Gasteiger partial charge on any atom is 0.246 e. The molecule has 0 bridgehead atoms. The highest BCUT2D eigenvalue weighted by atomic mass is 16.5. The molecule has 0 saturated heterocycles. The van der Waals surface area contributed by atoms with E-state index in [1.165, 1.54) is 11.3 Å². The van der Waals surface area contributed by atoms with Gasteiger partial charge in [-0.1, -0.05) is 23.4 Å². The van der Waals surface area contributed by atoms with Crippen molar-refractivity contribution in [3.8, 4) is 22.9 Å². The number of anilines is 1. The lowest BCUT2D eigenvalue weighted by atomic mass is 10.0. The number of hydrogen-bond acceptors (Lipinski definition) is 6. The standard InChI is InChI=1S/C20H21N3O3/c1-24-17-10-9-15(12-18(17)25-2)20-21-19(26-22-20)13-23-11-5-7-14-6-3-4-8-16(14)23/h3-4,6,8-10,12H,5,7,11,13H2,1-2H3. The van der Waals surface area contributed by atoms with Crippen molar-refractivity contribution in [3.05, 3.63) is 53.9 Å². The van der Waals surface area contributed by atoms with E-state index in [1.807, 2.05) is 18.2 Å². The number of aryl methyl sites for hydroxylation is 1. The van der Waals surface area contributed by atoms with Crippen LogP contribution >= 0.6 is 0 Å². The molecular formula is C20H21N3O3. The highest BCUT2D eigenvalue weighted by Crippen LogP contribution is 2.32. The first-order chi connectivity index (χ1) is 12.8. The van der Waals surface area contributed by atoms with Gasteiger partial charge in [-0.05, 0) is 42.7 Å². The first-order valence-electron chi connectivity index (χ1n) is 8.66. The fraction of sp³-hybridized carbons (Fsp3) is 0.300. The molecule has 2 heterocycles. The van der Waals surface area contributed by atoms with E-state index in [4.69, 9.17) is 14.0 Å². The van der Waals surface area contributed by atoms with Gasteiger partial charge in [0.2, 0.25) is 11.7 Å². The van der Waals surface area contributed by atoms with Crippen LogP contribution < -0.4 is 14.4 Å². The lowest BCUT2D eigenvalue weighted by molar-refractivity contribution is 0.355. The summed E-state index contributed by atoms with van der Waals surface area (Å²) in [5, 5.41) is 4.13. The number of hydrogen-bond donors (Lipinski definition) is 0. The summed E-state index contributed by atoms with van der Waals surface area (Å²) in [6.07, 6.45) is 2.25. The lowest BCUT2D eigenvalue weighted by Crippen LogP contribution is -2.28. The van der Waals surface area contributed by atoms with Crippen LogP contribution in [0.2, 0.25) is 0 Å². The van der Waals surface area contributed by atoms with E-state index in [9.17, 15) is 0 Å². The Bertz CT molecular complexity index is 907. The summed E-state index contributed by atoms with van der Waals surface area (Å²) in [6, 6.07) is 14.1. The van der Waals surface area contributed by atoms with Crippen molar-refractivity contribution in [2.45, 2.75) is 19.4 Å². The van der Waals surface area contributed by atoms with Crippen LogP contribution in [0.15, 0.2) is 47.0 Å². The largest absolute Gasteiger partial charge is 0.493 e. The summed E-state index contributed by atoms with van der Waals surface area (Å²) < 4.78 is 16.1. The zero-order valence-electron chi connectivity index (χ0n) is 14.9. The van der Waals surface area contributed by atoms with Crippen molar-refractivity contribution in [3.63, 3.8) is 0 Å². The predicted octanol–water partition coefficient (Wildman–Crippen LogP) is 3.71. The molecule has 6 heteroatoms. The molecule has 0 spiro atoms. The van der Waals surface area contributed by atoms with E-state index in [0.717, 1.165) is 24.9 Å². The molecular weight excluding hydrogens is 330 g/mol. The van der Waals surface area contributed by atoms with Crippen molar-refractivity contribution in [2.75, 3.05) is 25.7 Å². The van der Waals surface area contributed by atoms with E-state index >= 15 is 0 Å². The second-order valence-corrected chi connectivity index (χ2v) is 6.24. The van der Waals surface area contributed by atoms with Crippen molar-refractivity contribution in [1.82, 2.24) is 10.1 Å². The Morgan fingerprint density at radius 2 is 1.92 bits per heavy atom. The second kappa shape index (κ2) is 7.07. The van der Waals surface area contributed by atoms with Crippen LogP contribution in [0, 0.1) is 0 Å². The zero-order valence-corrected chi connectivity index (χ0v) is 14.9. The number of para-hydroxylation sites is 1. The summed E-state index contributed by atoms with van der Waals surface area (Å²) in [6.45, 7) is 1.60. The zero-order chi connectivity index (χ0) is 17.9. The first-order valence-corrected chi connectivity index (χ1v) is 8.66. The van der Waals surface area contributed by atoms with Gasteiger partial charge >= 0.3 is 0 Å². The van der Waals surface area contributed by atoms with Crippen molar-refractivity contribution in [2.24, 2.45) is 0 Å². The number of methoxy groups -OCH3 is 2. The summed E-state index contributed by atoms with van der Waals surface area (Å²) in [4.78, 5) is 6.86. The predicted molar refractivity (Wildman–Crippen MR) is 98.7 cm³/mol. The SMILES string of the molecule is COc1ccc(-c2noc(CN3CCCc4ccccc43)n2)cc1OC. The normalized spacial score (nSPS) is 13.4. The molecule has 0 atom stereocenters. The van der Waals surface area contributed by atoms with Crippen molar-refractivity contribution in [1.29, 1.82) is 0 Å². The second-order valence-electron chi connectivity index (χ2n) is 6.24. The smallest absolute Gasteiger partial charge is 0.246 e. The molecule has 0 amide bonds. The number of nitrogens with zero attached hydrogens (tertiary/aromatic N) is 3. The Hall–Kier alpha value is -3.02. The number of aromatic nitrogens is 2. The topological polar surface area (TPSA) is 60.6 Å². The van der Waals surface area contributed by atoms with Gasteiger partial charge in [-0.15, -0.1) is 0 Å². The van der Waals surface area contributed by atoms with E-state index in [2.05, 4.69) is 39.3 Å². The van der Waals surface area contributed by atoms with E-state index in [0.29, 0.717) is 29.8 Å². The molecule has 0 saturated carbocycles. The highest BCUT2D eigenvalue weighted by molar-refractivity contribution is 5.61. The first kappa shape index (κ1) is 16.4. The lowest BCUT2D eigenvalue weighted by Gasteiger charge is -2.29. The summed E-state index contributed by atoms with van der Waals surface area (Å²) >= 11 is 0. The van der Waals surface area contributed by atoms with E-state index < -0.39 is 0 Å². The maximum absolute atomic E-state index is 5.49. The Labute approximate surface area is 152 Å². The van der Waals surface area contributed by atoms with Gasteiger partial charge < -0.3 is 18.9 Å². The fourth-order valence-electron chi connectivity index (χ4n) is 3.35. The minimum absolute atomic E-state index is 0.547. The van der Waals surface area contributed by atoms with E-state index in [1.54, 1.807) is 14.2 Å². The fourth-order valence-corrected chi connectivity index (χ4v) is 3.35. The van der Waals surface area contributed by atoms with Gasteiger partial charge in [-0.25, -0.2) is 0 Å². The van der Waals surface area contributed by atoms with Crippen LogP contribution in [0.25, 0.3) is 11.4 Å². The van der Waals surface area contributed by atoms with Crippen LogP contribution in [0.1, 0.15) is 17.9 Å². The Morgan fingerprint density at radius 1 is 1.08 bits per heavy atom. The highest BCUT2D eigenvalue weighted by Gasteiger charge is 2.19. The molecule has 26 heavy (non-hydrogen) atoms. The van der Waals surface area contributed by atoms with Gasteiger partial charge in [0.05, 0.1) is 20.8 Å². The average molecular weight is 351 g/mol. The summed E-state index contributed by atoms with van der Waals surface area (Å²) in [5.74, 6) is 2.46. The number of rotatable bonds is 5. The average Bonchev–Trinajstić information content (AvgIpc) is 3.16.